The number of carbonyl (C=O) groups excluding carboxylic acids is 1. The molecule has 1 aliphatic heterocycles. The first-order valence-electron chi connectivity index (χ1n) is 7.78. The lowest BCUT2D eigenvalue weighted by molar-refractivity contribution is 0.111. The Morgan fingerprint density at radius 2 is 2.26 bits per heavy atom. The average molecular weight is 270 g/mol. The molecule has 1 rings (SSSR count). The summed E-state index contributed by atoms with van der Waals surface area (Å²) in [6.07, 6.45) is 6.15. The lowest BCUT2D eigenvalue weighted by Gasteiger charge is -2.40. The molecule has 4 heteroatoms. The van der Waals surface area contributed by atoms with Crippen molar-refractivity contribution in [2.45, 2.75) is 71.4 Å². The third-order valence-corrected chi connectivity index (χ3v) is 4.13. The van der Waals surface area contributed by atoms with Crippen LogP contribution in [0, 0.1) is 5.92 Å². The normalized spacial score (nSPS) is 25.2. The van der Waals surface area contributed by atoms with Gasteiger partial charge < -0.3 is 15.3 Å². The van der Waals surface area contributed by atoms with Gasteiger partial charge in [-0.25, -0.2) is 4.79 Å². The summed E-state index contributed by atoms with van der Waals surface area (Å²) in [5.41, 5.74) is 0. The lowest BCUT2D eigenvalue weighted by atomic mass is 9.88. The molecule has 0 aromatic rings. The van der Waals surface area contributed by atoms with E-state index < -0.39 is 0 Å². The van der Waals surface area contributed by atoms with E-state index in [2.05, 4.69) is 19.2 Å². The fraction of sp³-hybridized carbons (Fsp3) is 0.933. The van der Waals surface area contributed by atoms with Crippen molar-refractivity contribution in [3.05, 3.63) is 0 Å². The second-order valence-corrected chi connectivity index (χ2v) is 5.89. The molecule has 3 atom stereocenters. The molecule has 19 heavy (non-hydrogen) atoms. The van der Waals surface area contributed by atoms with E-state index in [-0.39, 0.29) is 18.7 Å². The number of aliphatic hydroxyl groups excluding tert-OH is 1. The SMILES string of the molecule is CCCC1C(C)CCCN1C(=O)NC(C)CCCO. The van der Waals surface area contributed by atoms with Crippen LogP contribution in [0.4, 0.5) is 4.79 Å². The predicted molar refractivity (Wildman–Crippen MR) is 78.1 cm³/mol. The van der Waals surface area contributed by atoms with E-state index in [0.717, 1.165) is 38.6 Å². The number of piperidine rings is 1. The number of hydrogen-bond donors (Lipinski definition) is 2. The summed E-state index contributed by atoms with van der Waals surface area (Å²) >= 11 is 0. The van der Waals surface area contributed by atoms with E-state index in [9.17, 15) is 4.79 Å². The Morgan fingerprint density at radius 3 is 2.89 bits per heavy atom. The van der Waals surface area contributed by atoms with Gasteiger partial charge in [-0.1, -0.05) is 20.3 Å². The Bertz CT molecular complexity index is 271. The molecule has 0 spiro atoms. The summed E-state index contributed by atoms with van der Waals surface area (Å²) < 4.78 is 0. The van der Waals surface area contributed by atoms with Gasteiger partial charge in [0, 0.05) is 25.2 Å². The zero-order valence-electron chi connectivity index (χ0n) is 12.7. The Balaban J connectivity index is 2.52. The van der Waals surface area contributed by atoms with Crippen molar-refractivity contribution in [1.82, 2.24) is 10.2 Å². The maximum atomic E-state index is 12.4. The maximum absolute atomic E-state index is 12.4. The standard InChI is InChI=1S/C15H30N2O2/c1-4-7-14-12(2)8-5-10-17(14)15(19)16-13(3)9-6-11-18/h12-14,18H,4-11H2,1-3H3,(H,16,19). The van der Waals surface area contributed by atoms with Gasteiger partial charge in [0.2, 0.25) is 0 Å². The molecule has 4 nitrogen and oxygen atoms in total. The van der Waals surface area contributed by atoms with Crippen LogP contribution >= 0.6 is 0 Å². The van der Waals surface area contributed by atoms with Crippen LogP contribution in [0.2, 0.25) is 0 Å². The summed E-state index contributed by atoms with van der Waals surface area (Å²) in [4.78, 5) is 14.4. The zero-order valence-corrected chi connectivity index (χ0v) is 12.7. The molecular weight excluding hydrogens is 240 g/mol. The van der Waals surface area contributed by atoms with E-state index in [1.54, 1.807) is 0 Å². The molecule has 0 saturated carbocycles. The van der Waals surface area contributed by atoms with Crippen molar-refractivity contribution in [3.8, 4) is 0 Å². The number of amides is 2. The van der Waals surface area contributed by atoms with Crippen LogP contribution in [0.3, 0.4) is 0 Å². The Hall–Kier alpha value is -0.770. The molecule has 2 N–H and O–H groups in total. The lowest BCUT2D eigenvalue weighted by Crippen LogP contribution is -2.53. The number of aliphatic hydroxyl groups is 1. The summed E-state index contributed by atoms with van der Waals surface area (Å²) in [5.74, 6) is 0.604. The number of nitrogens with one attached hydrogen (secondary N) is 1. The number of urea groups is 1. The van der Waals surface area contributed by atoms with Gasteiger partial charge in [0.25, 0.3) is 0 Å². The minimum atomic E-state index is 0.0791. The molecule has 1 aliphatic rings. The van der Waals surface area contributed by atoms with E-state index in [1.165, 1.54) is 6.42 Å². The molecular formula is C15H30N2O2. The van der Waals surface area contributed by atoms with E-state index in [1.807, 2.05) is 11.8 Å². The largest absolute Gasteiger partial charge is 0.396 e. The number of carbonyl (C=O) groups is 1. The maximum Gasteiger partial charge on any atom is 0.317 e. The molecule has 1 heterocycles. The van der Waals surface area contributed by atoms with Gasteiger partial charge >= 0.3 is 6.03 Å². The highest BCUT2D eigenvalue weighted by Gasteiger charge is 2.31. The molecule has 0 aliphatic carbocycles. The molecule has 112 valence electrons. The third-order valence-electron chi connectivity index (χ3n) is 4.13. The fourth-order valence-corrected chi connectivity index (χ4v) is 3.00. The molecule has 0 bridgehead atoms. The first-order chi connectivity index (χ1) is 9.10. The van der Waals surface area contributed by atoms with Crippen LogP contribution < -0.4 is 5.32 Å². The van der Waals surface area contributed by atoms with Gasteiger partial charge in [-0.05, 0) is 44.9 Å². The minimum absolute atomic E-state index is 0.0791. The van der Waals surface area contributed by atoms with Crippen molar-refractivity contribution in [3.63, 3.8) is 0 Å². The van der Waals surface area contributed by atoms with Gasteiger partial charge in [-0.2, -0.15) is 0 Å². The van der Waals surface area contributed by atoms with Crippen LogP contribution in [-0.2, 0) is 0 Å². The van der Waals surface area contributed by atoms with E-state index in [4.69, 9.17) is 5.11 Å². The van der Waals surface area contributed by atoms with Gasteiger partial charge in [0.1, 0.15) is 0 Å². The monoisotopic (exact) mass is 270 g/mol. The molecule has 0 radical (unpaired) electrons. The van der Waals surface area contributed by atoms with E-state index in [0.29, 0.717) is 12.0 Å². The highest BCUT2D eigenvalue weighted by Crippen LogP contribution is 2.26. The topological polar surface area (TPSA) is 52.6 Å². The van der Waals surface area contributed by atoms with Crippen LogP contribution in [-0.4, -0.2) is 41.3 Å². The minimum Gasteiger partial charge on any atom is -0.396 e. The van der Waals surface area contributed by atoms with Gasteiger partial charge in [0.15, 0.2) is 0 Å². The van der Waals surface area contributed by atoms with Crippen molar-refractivity contribution in [1.29, 1.82) is 0 Å². The van der Waals surface area contributed by atoms with Gasteiger partial charge in [0.05, 0.1) is 0 Å². The summed E-state index contributed by atoms with van der Waals surface area (Å²) in [6.45, 7) is 7.53. The second-order valence-electron chi connectivity index (χ2n) is 5.89. The molecule has 1 saturated heterocycles. The molecule has 3 unspecified atom stereocenters. The predicted octanol–water partition coefficient (Wildman–Crippen LogP) is 2.76. The van der Waals surface area contributed by atoms with Crippen molar-refractivity contribution >= 4 is 6.03 Å². The number of likely N-dealkylation sites (tertiary alicyclic amines) is 1. The third kappa shape index (κ3) is 5.01. The summed E-state index contributed by atoms with van der Waals surface area (Å²) in [5, 5.41) is 11.9. The van der Waals surface area contributed by atoms with Crippen LogP contribution in [0.25, 0.3) is 0 Å². The van der Waals surface area contributed by atoms with Gasteiger partial charge in [-0.3, -0.25) is 0 Å². The molecule has 0 aromatic heterocycles. The van der Waals surface area contributed by atoms with Crippen molar-refractivity contribution in [2.75, 3.05) is 13.2 Å². The van der Waals surface area contributed by atoms with Gasteiger partial charge in [-0.15, -0.1) is 0 Å². The van der Waals surface area contributed by atoms with Crippen LogP contribution in [0.1, 0.15) is 59.3 Å². The smallest absolute Gasteiger partial charge is 0.317 e. The molecule has 1 fully saturated rings. The number of rotatable bonds is 6. The summed E-state index contributed by atoms with van der Waals surface area (Å²) in [6, 6.07) is 0.610. The quantitative estimate of drug-likeness (QED) is 0.779. The number of nitrogens with zero attached hydrogens (tertiary/aromatic N) is 1. The highest BCUT2D eigenvalue weighted by atomic mass is 16.3. The highest BCUT2D eigenvalue weighted by molar-refractivity contribution is 5.75. The van der Waals surface area contributed by atoms with Crippen LogP contribution in [0.5, 0.6) is 0 Å². The second kappa shape index (κ2) is 8.41. The van der Waals surface area contributed by atoms with Crippen molar-refractivity contribution in [2.24, 2.45) is 5.92 Å². The Kier molecular flexibility index (Phi) is 7.21. The zero-order chi connectivity index (χ0) is 14.3. The van der Waals surface area contributed by atoms with E-state index >= 15 is 0 Å². The number of hydrogen-bond acceptors (Lipinski definition) is 2. The molecule has 0 aromatic carbocycles. The van der Waals surface area contributed by atoms with Crippen LogP contribution in [0.15, 0.2) is 0 Å². The van der Waals surface area contributed by atoms with Crippen molar-refractivity contribution < 1.29 is 9.90 Å². The first kappa shape index (κ1) is 16.3. The first-order valence-corrected chi connectivity index (χ1v) is 7.78. The summed E-state index contributed by atoms with van der Waals surface area (Å²) in [7, 11) is 0. The fourth-order valence-electron chi connectivity index (χ4n) is 3.00. The Labute approximate surface area is 117 Å². The Morgan fingerprint density at radius 1 is 1.53 bits per heavy atom. The molecule has 2 amide bonds. The average Bonchev–Trinajstić information content (AvgIpc) is 2.38.